The van der Waals surface area contributed by atoms with Crippen LogP contribution in [0.25, 0.3) is 0 Å². The van der Waals surface area contributed by atoms with Gasteiger partial charge in [-0.05, 0) is 24.6 Å². The van der Waals surface area contributed by atoms with Crippen LogP contribution in [0, 0.1) is 5.82 Å². The molecule has 1 atom stereocenters. The van der Waals surface area contributed by atoms with Gasteiger partial charge >= 0.3 is 6.18 Å². The quantitative estimate of drug-likeness (QED) is 0.421. The van der Waals surface area contributed by atoms with Crippen molar-refractivity contribution in [3.63, 3.8) is 0 Å². The van der Waals surface area contributed by atoms with E-state index in [1.165, 1.54) is 9.58 Å². The van der Waals surface area contributed by atoms with Gasteiger partial charge in [-0.3, -0.25) is 9.58 Å². The number of halogens is 6. The molecule has 0 saturated carbocycles. The van der Waals surface area contributed by atoms with E-state index in [1.54, 1.807) is 0 Å². The summed E-state index contributed by atoms with van der Waals surface area (Å²) < 4.78 is 83.0. The number of nitrogens with zero attached hydrogens (tertiary/aromatic N) is 3. The van der Waals surface area contributed by atoms with Crippen LogP contribution in [0.2, 0.25) is 0 Å². The molecule has 0 aliphatic carbocycles. The Bertz CT molecular complexity index is 1020. The highest BCUT2D eigenvalue weighted by Gasteiger charge is 2.43. The molecule has 2 aliphatic heterocycles. The number of aliphatic hydroxyl groups is 1. The number of aromatic nitrogens is 2. The van der Waals surface area contributed by atoms with Crippen LogP contribution in [0.1, 0.15) is 35.4 Å². The Morgan fingerprint density at radius 3 is 2.65 bits per heavy atom. The fourth-order valence-electron chi connectivity index (χ4n) is 4.00. The monoisotopic (exact) mass is 446 g/mol. The van der Waals surface area contributed by atoms with Gasteiger partial charge in [-0.15, -0.1) is 0 Å². The van der Waals surface area contributed by atoms with Gasteiger partial charge in [0.2, 0.25) is 0 Å². The Labute approximate surface area is 174 Å². The minimum atomic E-state index is -4.89. The van der Waals surface area contributed by atoms with Crippen LogP contribution in [-0.2, 0) is 31.6 Å². The van der Waals surface area contributed by atoms with Gasteiger partial charge in [0.1, 0.15) is 11.5 Å². The maximum atomic E-state index is 14.8. The molecule has 168 valence electrons. The minimum Gasteiger partial charge on any atom is -0.361 e. The standard InChI is InChI=1S/C20H20F6N4O/c1-11-4-6-19(22,23)17-13-10-29(7-5-16(13)28-30(17)9-11)18(31)27-12-2-3-15(21)14(8-12)20(24,25)26/h2-3,8,18,27,31H,1,4-7,9-10H2. The molecule has 2 N–H and O–H groups in total. The second kappa shape index (κ2) is 7.56. The number of nitrogens with one attached hydrogen (secondary N) is 1. The topological polar surface area (TPSA) is 53.3 Å². The van der Waals surface area contributed by atoms with Crippen molar-refractivity contribution >= 4 is 5.69 Å². The SMILES string of the molecule is C=C1CCC(F)(F)c2c3c(nn2C1)CCN(C(O)Nc1ccc(F)c(C(F)(F)F)c1)C3. The Kier molecular flexibility index (Phi) is 5.29. The molecule has 0 spiro atoms. The van der Waals surface area contributed by atoms with Gasteiger partial charge in [0.05, 0.1) is 17.8 Å². The van der Waals surface area contributed by atoms with Crippen LogP contribution >= 0.6 is 0 Å². The molecule has 0 radical (unpaired) electrons. The average Bonchev–Trinajstić information content (AvgIpc) is 2.99. The summed E-state index contributed by atoms with van der Waals surface area (Å²) in [5.74, 6) is -4.54. The van der Waals surface area contributed by atoms with Gasteiger partial charge < -0.3 is 10.4 Å². The zero-order chi connectivity index (χ0) is 22.6. The van der Waals surface area contributed by atoms with Gasteiger partial charge in [0, 0.05) is 37.2 Å². The molecule has 1 aromatic carbocycles. The first-order valence-corrected chi connectivity index (χ1v) is 9.64. The molecule has 5 nitrogen and oxygen atoms in total. The molecule has 1 unspecified atom stereocenters. The van der Waals surface area contributed by atoms with E-state index in [2.05, 4.69) is 17.0 Å². The normalized spacial score (nSPS) is 20.0. The predicted molar refractivity (Wildman–Crippen MR) is 99.6 cm³/mol. The second-order valence-electron chi connectivity index (χ2n) is 7.82. The van der Waals surface area contributed by atoms with Crippen molar-refractivity contribution < 1.29 is 31.4 Å². The maximum absolute atomic E-state index is 14.8. The number of fused-ring (bicyclic) bond motifs is 3. The van der Waals surface area contributed by atoms with Crippen LogP contribution in [0.3, 0.4) is 0 Å². The predicted octanol–water partition coefficient (Wildman–Crippen LogP) is 4.23. The summed E-state index contributed by atoms with van der Waals surface area (Å²) in [6.07, 6.45) is -6.29. The number of alkyl halides is 5. The number of anilines is 1. The summed E-state index contributed by atoms with van der Waals surface area (Å²) >= 11 is 0. The second-order valence-corrected chi connectivity index (χ2v) is 7.82. The van der Waals surface area contributed by atoms with Gasteiger partial charge in [0.15, 0.2) is 6.35 Å². The number of hydrogen-bond acceptors (Lipinski definition) is 4. The summed E-state index contributed by atoms with van der Waals surface area (Å²) in [6, 6.07) is 2.27. The molecule has 2 aliphatic rings. The molecular formula is C20H20F6N4O. The highest BCUT2D eigenvalue weighted by Crippen LogP contribution is 2.41. The molecular weight excluding hydrogens is 426 g/mol. The first kappa shape index (κ1) is 21.7. The van der Waals surface area contributed by atoms with Crippen LogP contribution < -0.4 is 5.32 Å². The highest BCUT2D eigenvalue weighted by molar-refractivity contribution is 5.47. The number of benzene rings is 1. The number of aliphatic hydroxyl groups excluding tert-OH is 1. The molecule has 0 amide bonds. The third kappa shape index (κ3) is 4.16. The van der Waals surface area contributed by atoms with E-state index in [4.69, 9.17) is 0 Å². The van der Waals surface area contributed by atoms with Crippen LogP contribution in [0.5, 0.6) is 0 Å². The number of rotatable bonds is 3. The molecule has 0 bridgehead atoms. The Morgan fingerprint density at radius 1 is 1.19 bits per heavy atom. The van der Waals surface area contributed by atoms with Crippen molar-refractivity contribution in [3.05, 3.63) is 58.7 Å². The zero-order valence-corrected chi connectivity index (χ0v) is 16.3. The van der Waals surface area contributed by atoms with Gasteiger partial charge in [-0.25, -0.2) is 4.39 Å². The third-order valence-corrected chi connectivity index (χ3v) is 5.56. The smallest absolute Gasteiger partial charge is 0.361 e. The lowest BCUT2D eigenvalue weighted by atomic mass is 9.99. The van der Waals surface area contributed by atoms with E-state index in [0.29, 0.717) is 29.0 Å². The lowest BCUT2D eigenvalue weighted by Crippen LogP contribution is -2.44. The molecule has 1 aromatic heterocycles. The first-order valence-electron chi connectivity index (χ1n) is 9.64. The molecule has 2 aromatic rings. The highest BCUT2D eigenvalue weighted by atomic mass is 19.4. The van der Waals surface area contributed by atoms with Crippen molar-refractivity contribution in [3.8, 4) is 0 Å². The third-order valence-electron chi connectivity index (χ3n) is 5.56. The zero-order valence-electron chi connectivity index (χ0n) is 16.3. The summed E-state index contributed by atoms with van der Waals surface area (Å²) in [7, 11) is 0. The van der Waals surface area contributed by atoms with Crippen LogP contribution in [0.15, 0.2) is 30.4 Å². The molecule has 3 heterocycles. The lowest BCUT2D eigenvalue weighted by molar-refractivity contribution is -0.139. The Morgan fingerprint density at radius 2 is 1.94 bits per heavy atom. The van der Waals surface area contributed by atoms with Crippen LogP contribution in [-0.4, -0.2) is 32.7 Å². The first-order chi connectivity index (χ1) is 14.5. The number of allylic oxidation sites excluding steroid dienone is 1. The van der Waals surface area contributed by atoms with E-state index in [1.807, 2.05) is 0 Å². The fraction of sp³-hybridized carbons (Fsp3) is 0.450. The Hall–Kier alpha value is -2.53. The van der Waals surface area contributed by atoms with Crippen molar-refractivity contribution in [2.45, 2.75) is 50.8 Å². The largest absolute Gasteiger partial charge is 0.419 e. The summed E-state index contributed by atoms with van der Waals surface area (Å²) in [6.45, 7) is 4.18. The molecule has 4 rings (SSSR count). The molecule has 0 fully saturated rings. The number of hydrogen-bond donors (Lipinski definition) is 2. The van der Waals surface area contributed by atoms with E-state index < -0.39 is 29.8 Å². The van der Waals surface area contributed by atoms with E-state index in [9.17, 15) is 31.4 Å². The van der Waals surface area contributed by atoms with Crippen molar-refractivity contribution in [2.75, 3.05) is 11.9 Å². The van der Waals surface area contributed by atoms with Gasteiger partial charge in [0.25, 0.3) is 5.92 Å². The van der Waals surface area contributed by atoms with Crippen LogP contribution in [0.4, 0.5) is 32.0 Å². The average molecular weight is 446 g/mol. The maximum Gasteiger partial charge on any atom is 0.419 e. The lowest BCUT2D eigenvalue weighted by Gasteiger charge is -2.32. The van der Waals surface area contributed by atoms with E-state index >= 15 is 0 Å². The van der Waals surface area contributed by atoms with E-state index in [-0.39, 0.29) is 50.3 Å². The molecule has 0 saturated heterocycles. The summed E-state index contributed by atoms with van der Waals surface area (Å²) in [5, 5.41) is 17.3. The molecule has 31 heavy (non-hydrogen) atoms. The minimum absolute atomic E-state index is 0.0613. The summed E-state index contributed by atoms with van der Waals surface area (Å²) in [4.78, 5) is 1.41. The fourth-order valence-corrected chi connectivity index (χ4v) is 4.00. The van der Waals surface area contributed by atoms with Gasteiger partial charge in [-0.2, -0.15) is 27.1 Å². The summed E-state index contributed by atoms with van der Waals surface area (Å²) in [5.41, 5.74) is -0.362. The van der Waals surface area contributed by atoms with Gasteiger partial charge in [-0.1, -0.05) is 12.2 Å². The van der Waals surface area contributed by atoms with E-state index in [0.717, 1.165) is 6.07 Å². The Balaban J connectivity index is 1.57. The molecule has 11 heteroatoms. The van der Waals surface area contributed by atoms with Crippen molar-refractivity contribution in [1.29, 1.82) is 0 Å². The van der Waals surface area contributed by atoms with Crippen molar-refractivity contribution in [2.24, 2.45) is 0 Å². The van der Waals surface area contributed by atoms with Crippen molar-refractivity contribution in [1.82, 2.24) is 14.7 Å².